The number of likely N-dealkylation sites (N-methyl/N-ethyl adjacent to an activating group) is 1. The summed E-state index contributed by atoms with van der Waals surface area (Å²) in [6.07, 6.45) is 0. The van der Waals surface area contributed by atoms with Crippen LogP contribution in [0.2, 0.25) is 0 Å². The van der Waals surface area contributed by atoms with Crippen LogP contribution in [0, 0.1) is 6.92 Å². The summed E-state index contributed by atoms with van der Waals surface area (Å²) in [4.78, 5) is 21.2. The highest BCUT2D eigenvalue weighted by Gasteiger charge is 2.20. The van der Waals surface area contributed by atoms with Gasteiger partial charge in [0.25, 0.3) is 5.91 Å². The van der Waals surface area contributed by atoms with Crippen LogP contribution in [0.4, 0.5) is 5.13 Å². The second-order valence-corrected chi connectivity index (χ2v) is 7.42. The fourth-order valence-electron chi connectivity index (χ4n) is 2.46. The molecule has 0 fully saturated rings. The molecule has 1 heterocycles. The van der Waals surface area contributed by atoms with Crippen molar-refractivity contribution in [2.75, 3.05) is 38.7 Å². The van der Waals surface area contributed by atoms with E-state index in [-0.39, 0.29) is 12.5 Å². The maximum atomic E-state index is 12.8. The lowest BCUT2D eigenvalue weighted by Gasteiger charge is -2.22. The molecule has 0 aliphatic carbocycles. The predicted octanol–water partition coefficient (Wildman–Crippen LogP) is 3.58. The molecule has 0 unspecified atom stereocenters. The number of carbonyl (C=O) groups excluding carboxylic acids is 1. The van der Waals surface area contributed by atoms with Crippen molar-refractivity contribution in [1.29, 1.82) is 0 Å². The molecule has 0 aliphatic heterocycles. The number of para-hydroxylation sites is 1. The number of hydrogen-bond donors (Lipinski definition) is 0. The highest BCUT2D eigenvalue weighted by Crippen LogP contribution is 2.28. The van der Waals surface area contributed by atoms with Gasteiger partial charge in [-0.25, -0.2) is 4.98 Å². The number of aryl methyl sites for hydroxylation is 1. The van der Waals surface area contributed by atoms with E-state index in [1.807, 2.05) is 69.6 Å². The van der Waals surface area contributed by atoms with Crippen LogP contribution in [0.25, 0.3) is 10.2 Å². The molecule has 136 valence electrons. The Morgan fingerprint density at radius 3 is 2.50 bits per heavy atom. The highest BCUT2D eigenvalue weighted by atomic mass is 32.1. The Kier molecular flexibility index (Phi) is 5.85. The van der Waals surface area contributed by atoms with Gasteiger partial charge in [0.15, 0.2) is 11.7 Å². The molecule has 0 radical (unpaired) electrons. The van der Waals surface area contributed by atoms with Crippen molar-refractivity contribution in [3.63, 3.8) is 0 Å². The minimum atomic E-state index is -0.0912. The largest absolute Gasteiger partial charge is 0.484 e. The maximum absolute atomic E-state index is 12.8. The summed E-state index contributed by atoms with van der Waals surface area (Å²) in [5.41, 5.74) is 2.07. The maximum Gasteiger partial charge on any atom is 0.266 e. The first-order chi connectivity index (χ1) is 12.5. The number of hydrogen-bond acceptors (Lipinski definition) is 5. The van der Waals surface area contributed by atoms with Crippen molar-refractivity contribution in [3.8, 4) is 5.75 Å². The van der Waals surface area contributed by atoms with Crippen LogP contribution in [-0.2, 0) is 4.79 Å². The average molecular weight is 369 g/mol. The van der Waals surface area contributed by atoms with Crippen molar-refractivity contribution in [1.82, 2.24) is 9.88 Å². The van der Waals surface area contributed by atoms with Crippen LogP contribution >= 0.6 is 11.3 Å². The van der Waals surface area contributed by atoms with Crippen LogP contribution in [-0.4, -0.2) is 49.6 Å². The standard InChI is InChI=1S/C20H23N3O2S/c1-15-8-10-16(11-9-15)25-14-19(24)23(13-12-22(2)3)20-21-17-6-4-5-7-18(17)26-20/h4-11H,12-14H2,1-3H3. The number of aromatic nitrogens is 1. The molecular weight excluding hydrogens is 346 g/mol. The van der Waals surface area contributed by atoms with E-state index in [9.17, 15) is 4.79 Å². The van der Waals surface area contributed by atoms with Gasteiger partial charge in [0.1, 0.15) is 5.75 Å². The molecule has 0 saturated heterocycles. The minimum Gasteiger partial charge on any atom is -0.484 e. The number of amides is 1. The lowest BCUT2D eigenvalue weighted by molar-refractivity contribution is -0.120. The molecule has 5 nitrogen and oxygen atoms in total. The number of carbonyl (C=O) groups is 1. The number of anilines is 1. The quantitative estimate of drug-likeness (QED) is 0.639. The fraction of sp³-hybridized carbons (Fsp3) is 0.300. The van der Waals surface area contributed by atoms with Crippen LogP contribution in [0.1, 0.15) is 5.56 Å². The van der Waals surface area contributed by atoms with Crippen molar-refractivity contribution in [2.24, 2.45) is 0 Å². The summed E-state index contributed by atoms with van der Waals surface area (Å²) in [5, 5.41) is 0.713. The second-order valence-electron chi connectivity index (χ2n) is 6.41. The fourth-order valence-corrected chi connectivity index (χ4v) is 3.47. The smallest absolute Gasteiger partial charge is 0.266 e. The van der Waals surface area contributed by atoms with Gasteiger partial charge in [-0.15, -0.1) is 0 Å². The Labute approximate surface area is 157 Å². The van der Waals surface area contributed by atoms with E-state index in [0.29, 0.717) is 17.4 Å². The topological polar surface area (TPSA) is 45.7 Å². The zero-order chi connectivity index (χ0) is 18.5. The van der Waals surface area contributed by atoms with Gasteiger partial charge in [0.2, 0.25) is 0 Å². The van der Waals surface area contributed by atoms with Gasteiger partial charge in [-0.05, 0) is 45.3 Å². The van der Waals surface area contributed by atoms with E-state index in [4.69, 9.17) is 4.74 Å². The van der Waals surface area contributed by atoms with Crippen molar-refractivity contribution in [2.45, 2.75) is 6.92 Å². The van der Waals surface area contributed by atoms with E-state index < -0.39 is 0 Å². The van der Waals surface area contributed by atoms with Crippen molar-refractivity contribution in [3.05, 3.63) is 54.1 Å². The van der Waals surface area contributed by atoms with Crippen molar-refractivity contribution >= 4 is 32.6 Å². The molecule has 3 rings (SSSR count). The Morgan fingerprint density at radius 1 is 1.08 bits per heavy atom. The van der Waals surface area contributed by atoms with Gasteiger partial charge >= 0.3 is 0 Å². The minimum absolute atomic E-state index is 0.00753. The monoisotopic (exact) mass is 369 g/mol. The lowest BCUT2D eigenvalue weighted by Crippen LogP contribution is -2.39. The molecule has 26 heavy (non-hydrogen) atoms. The molecular formula is C20H23N3O2S. The number of fused-ring (bicyclic) bond motifs is 1. The third kappa shape index (κ3) is 4.59. The second kappa shape index (κ2) is 8.29. The molecule has 0 atom stereocenters. The Bertz CT molecular complexity index is 841. The van der Waals surface area contributed by atoms with Gasteiger partial charge in [-0.2, -0.15) is 0 Å². The van der Waals surface area contributed by atoms with Gasteiger partial charge in [0, 0.05) is 13.1 Å². The number of benzene rings is 2. The zero-order valence-electron chi connectivity index (χ0n) is 15.3. The molecule has 2 aromatic carbocycles. The van der Waals surface area contributed by atoms with Gasteiger partial charge < -0.3 is 9.64 Å². The first-order valence-electron chi connectivity index (χ1n) is 8.53. The summed E-state index contributed by atoms with van der Waals surface area (Å²) in [6.45, 7) is 3.34. The molecule has 3 aromatic rings. The van der Waals surface area contributed by atoms with Gasteiger partial charge in [0.05, 0.1) is 10.2 Å². The number of ether oxygens (including phenoxy) is 1. The molecule has 0 N–H and O–H groups in total. The van der Waals surface area contributed by atoms with Crippen LogP contribution in [0.3, 0.4) is 0 Å². The Morgan fingerprint density at radius 2 is 1.81 bits per heavy atom. The average Bonchev–Trinajstić information content (AvgIpc) is 3.05. The van der Waals surface area contributed by atoms with Gasteiger partial charge in [-0.3, -0.25) is 9.69 Å². The van der Waals surface area contributed by atoms with E-state index in [0.717, 1.165) is 22.3 Å². The SMILES string of the molecule is Cc1ccc(OCC(=O)N(CCN(C)C)c2nc3ccccc3s2)cc1. The van der Waals surface area contributed by atoms with Gasteiger partial charge in [-0.1, -0.05) is 41.2 Å². The van der Waals surface area contributed by atoms with E-state index in [1.54, 1.807) is 4.90 Å². The highest BCUT2D eigenvalue weighted by molar-refractivity contribution is 7.22. The molecule has 1 aromatic heterocycles. The lowest BCUT2D eigenvalue weighted by atomic mass is 10.2. The molecule has 0 spiro atoms. The van der Waals surface area contributed by atoms with Crippen LogP contribution < -0.4 is 9.64 Å². The molecule has 0 bridgehead atoms. The Hall–Kier alpha value is -2.44. The summed E-state index contributed by atoms with van der Waals surface area (Å²) >= 11 is 1.53. The zero-order valence-corrected chi connectivity index (χ0v) is 16.1. The number of nitrogens with zero attached hydrogens (tertiary/aromatic N) is 3. The molecule has 1 amide bonds. The summed E-state index contributed by atoms with van der Waals surface area (Å²) in [6, 6.07) is 15.6. The summed E-state index contributed by atoms with van der Waals surface area (Å²) in [5.74, 6) is 0.604. The Balaban J connectivity index is 1.75. The van der Waals surface area contributed by atoms with E-state index in [2.05, 4.69) is 9.88 Å². The number of thiazole rings is 1. The first-order valence-corrected chi connectivity index (χ1v) is 9.35. The van der Waals surface area contributed by atoms with E-state index in [1.165, 1.54) is 11.3 Å². The van der Waals surface area contributed by atoms with Crippen molar-refractivity contribution < 1.29 is 9.53 Å². The third-order valence-corrected chi connectivity index (χ3v) is 5.03. The first kappa shape index (κ1) is 18.4. The molecule has 0 saturated carbocycles. The summed E-state index contributed by atoms with van der Waals surface area (Å²) in [7, 11) is 3.98. The third-order valence-electron chi connectivity index (χ3n) is 3.97. The summed E-state index contributed by atoms with van der Waals surface area (Å²) < 4.78 is 6.75. The molecule has 6 heteroatoms. The number of rotatable bonds is 7. The van der Waals surface area contributed by atoms with E-state index >= 15 is 0 Å². The predicted molar refractivity (Wildman–Crippen MR) is 107 cm³/mol. The van der Waals surface area contributed by atoms with Crippen LogP contribution in [0.15, 0.2) is 48.5 Å². The molecule has 0 aliphatic rings. The van der Waals surface area contributed by atoms with Crippen LogP contribution in [0.5, 0.6) is 5.75 Å². The normalized spacial score (nSPS) is 11.1.